The van der Waals surface area contributed by atoms with Crippen molar-refractivity contribution in [1.82, 2.24) is 9.71 Å². The maximum absolute atomic E-state index is 12.0. The van der Waals surface area contributed by atoms with Crippen molar-refractivity contribution in [1.29, 1.82) is 0 Å². The molecule has 8 heteroatoms. The molecule has 0 unspecified atom stereocenters. The summed E-state index contributed by atoms with van der Waals surface area (Å²) in [6.45, 7) is 3.39. The van der Waals surface area contributed by atoms with Crippen LogP contribution in [0.15, 0.2) is 33.8 Å². The van der Waals surface area contributed by atoms with Crippen LogP contribution in [0.1, 0.15) is 21.9 Å². The fourth-order valence-electron chi connectivity index (χ4n) is 1.67. The summed E-state index contributed by atoms with van der Waals surface area (Å²) in [5.41, 5.74) is 1.27. The van der Waals surface area contributed by atoms with Gasteiger partial charge in [-0.25, -0.2) is 18.1 Å². The van der Waals surface area contributed by atoms with Crippen LogP contribution in [-0.2, 0) is 10.0 Å². The lowest BCUT2D eigenvalue weighted by Crippen LogP contribution is -2.19. The average molecular weight is 309 g/mol. The molecule has 7 nitrogen and oxygen atoms in total. The normalized spacial score (nSPS) is 11.4. The van der Waals surface area contributed by atoms with Crippen molar-refractivity contribution in [3.05, 3.63) is 41.6 Å². The monoisotopic (exact) mass is 309 g/mol. The van der Waals surface area contributed by atoms with E-state index in [1.54, 1.807) is 19.9 Å². The van der Waals surface area contributed by atoms with Gasteiger partial charge in [0.2, 0.25) is 10.0 Å². The molecule has 0 aliphatic carbocycles. The first kappa shape index (κ1) is 15.2. The number of anilines is 1. The number of carbonyl (C=O) groups is 1. The molecule has 2 aromatic rings. The van der Waals surface area contributed by atoms with E-state index in [0.717, 1.165) is 5.56 Å². The van der Waals surface area contributed by atoms with Gasteiger partial charge >= 0.3 is 0 Å². The molecule has 2 N–H and O–H groups in total. The number of benzene rings is 1. The molecule has 1 amide bonds. The smallest absolute Gasteiger partial charge is 0.277 e. The topological polar surface area (TPSA) is 101 Å². The quantitative estimate of drug-likeness (QED) is 0.890. The van der Waals surface area contributed by atoms with Crippen molar-refractivity contribution in [2.45, 2.75) is 18.7 Å². The van der Waals surface area contributed by atoms with Gasteiger partial charge < -0.3 is 9.73 Å². The van der Waals surface area contributed by atoms with E-state index in [4.69, 9.17) is 4.42 Å². The number of oxazole rings is 1. The second kappa shape index (κ2) is 5.66. The van der Waals surface area contributed by atoms with Gasteiger partial charge in [0.1, 0.15) is 6.26 Å². The zero-order valence-corrected chi connectivity index (χ0v) is 12.6. The number of nitrogens with zero attached hydrogens (tertiary/aromatic N) is 1. The number of amides is 1. The molecular weight excluding hydrogens is 294 g/mol. The minimum absolute atomic E-state index is 0.0715. The third-order valence-electron chi connectivity index (χ3n) is 2.89. The molecule has 1 aromatic carbocycles. The Morgan fingerprint density at radius 3 is 2.57 bits per heavy atom. The zero-order chi connectivity index (χ0) is 15.6. The SMILES string of the molecule is CNS(=O)(=O)c1ccc(C)c(NC(=O)c2coc(C)n2)c1. The van der Waals surface area contributed by atoms with E-state index in [9.17, 15) is 13.2 Å². The Morgan fingerprint density at radius 2 is 2.00 bits per heavy atom. The average Bonchev–Trinajstić information content (AvgIpc) is 2.87. The van der Waals surface area contributed by atoms with Gasteiger partial charge in [-0.3, -0.25) is 4.79 Å². The van der Waals surface area contributed by atoms with Gasteiger partial charge in [0.05, 0.1) is 4.90 Å². The summed E-state index contributed by atoms with van der Waals surface area (Å²) in [5, 5.41) is 2.62. The predicted octanol–water partition coefficient (Wildman–Crippen LogP) is 1.45. The first-order valence-electron chi connectivity index (χ1n) is 6.11. The molecule has 0 aliphatic rings. The second-order valence-corrected chi connectivity index (χ2v) is 6.28. The number of nitrogens with one attached hydrogen (secondary N) is 2. The number of hydrogen-bond acceptors (Lipinski definition) is 5. The first-order chi connectivity index (χ1) is 9.83. The summed E-state index contributed by atoms with van der Waals surface area (Å²) < 4.78 is 30.7. The highest BCUT2D eigenvalue weighted by molar-refractivity contribution is 7.89. The highest BCUT2D eigenvalue weighted by Gasteiger charge is 2.16. The van der Waals surface area contributed by atoms with Crippen LogP contribution < -0.4 is 10.0 Å². The highest BCUT2D eigenvalue weighted by Crippen LogP contribution is 2.20. The van der Waals surface area contributed by atoms with E-state index >= 15 is 0 Å². The minimum atomic E-state index is -3.57. The van der Waals surface area contributed by atoms with E-state index in [2.05, 4.69) is 15.0 Å². The molecule has 0 bridgehead atoms. The molecule has 0 saturated carbocycles. The van der Waals surface area contributed by atoms with Crippen molar-refractivity contribution in [2.75, 3.05) is 12.4 Å². The van der Waals surface area contributed by atoms with Gasteiger partial charge in [0, 0.05) is 12.6 Å². The second-order valence-electron chi connectivity index (χ2n) is 4.39. The Kier molecular flexibility index (Phi) is 4.10. The first-order valence-corrected chi connectivity index (χ1v) is 7.59. The molecule has 0 spiro atoms. The molecule has 0 aliphatic heterocycles. The fourth-order valence-corrected chi connectivity index (χ4v) is 2.43. The summed E-state index contributed by atoms with van der Waals surface area (Å²) in [7, 11) is -2.24. The van der Waals surface area contributed by atoms with E-state index in [1.807, 2.05) is 0 Å². The molecule has 21 heavy (non-hydrogen) atoms. The van der Waals surface area contributed by atoms with Gasteiger partial charge in [-0.05, 0) is 31.7 Å². The summed E-state index contributed by atoms with van der Waals surface area (Å²) >= 11 is 0. The highest BCUT2D eigenvalue weighted by atomic mass is 32.2. The van der Waals surface area contributed by atoms with Gasteiger partial charge in [-0.2, -0.15) is 0 Å². The van der Waals surface area contributed by atoms with E-state index in [0.29, 0.717) is 11.6 Å². The predicted molar refractivity (Wildman–Crippen MR) is 76.6 cm³/mol. The molecular formula is C13H15N3O4S. The van der Waals surface area contributed by atoms with E-state index in [1.165, 1.54) is 25.4 Å². The van der Waals surface area contributed by atoms with E-state index < -0.39 is 15.9 Å². The molecule has 1 aromatic heterocycles. The summed E-state index contributed by atoms with van der Waals surface area (Å²) in [5.74, 6) is -0.0858. The van der Waals surface area contributed by atoms with Gasteiger partial charge in [0.25, 0.3) is 5.91 Å². The van der Waals surface area contributed by atoms with Crippen LogP contribution >= 0.6 is 0 Å². The lowest BCUT2D eigenvalue weighted by molar-refractivity contribution is 0.102. The van der Waals surface area contributed by atoms with Crippen molar-refractivity contribution < 1.29 is 17.6 Å². The fraction of sp³-hybridized carbons (Fsp3) is 0.231. The Bertz CT molecular complexity index is 780. The number of aromatic nitrogens is 1. The van der Waals surface area contributed by atoms with Crippen molar-refractivity contribution in [2.24, 2.45) is 0 Å². The van der Waals surface area contributed by atoms with Crippen LogP contribution in [0.3, 0.4) is 0 Å². The molecule has 2 rings (SSSR count). The van der Waals surface area contributed by atoms with Crippen molar-refractivity contribution >= 4 is 21.6 Å². The largest absolute Gasteiger partial charge is 0.448 e. The van der Waals surface area contributed by atoms with Gasteiger partial charge in [-0.15, -0.1) is 0 Å². The maximum atomic E-state index is 12.0. The molecule has 0 radical (unpaired) electrons. The summed E-state index contributed by atoms with van der Waals surface area (Å²) in [6, 6.07) is 4.48. The lowest BCUT2D eigenvalue weighted by atomic mass is 10.2. The Labute approximate surface area is 122 Å². The van der Waals surface area contributed by atoms with Crippen LogP contribution in [0.4, 0.5) is 5.69 Å². The van der Waals surface area contributed by atoms with Gasteiger partial charge in [0.15, 0.2) is 11.6 Å². The molecule has 1 heterocycles. The zero-order valence-electron chi connectivity index (χ0n) is 11.8. The third kappa shape index (κ3) is 3.29. The number of sulfonamides is 1. The van der Waals surface area contributed by atoms with Crippen LogP contribution in [0, 0.1) is 13.8 Å². The summed E-state index contributed by atoms with van der Waals surface area (Å²) in [4.78, 5) is 16.0. The maximum Gasteiger partial charge on any atom is 0.277 e. The summed E-state index contributed by atoms with van der Waals surface area (Å²) in [6.07, 6.45) is 1.24. The van der Waals surface area contributed by atoms with Gasteiger partial charge in [-0.1, -0.05) is 6.07 Å². The number of carbonyl (C=O) groups excluding carboxylic acids is 1. The Morgan fingerprint density at radius 1 is 1.29 bits per heavy atom. The Balaban J connectivity index is 2.32. The standard InChI is InChI=1S/C13H15N3O4S/c1-8-4-5-10(21(18,19)14-3)6-11(8)16-13(17)12-7-20-9(2)15-12/h4-7,14H,1-3H3,(H,16,17). The number of hydrogen-bond donors (Lipinski definition) is 2. The Hall–Kier alpha value is -2.19. The van der Waals surface area contributed by atoms with Crippen LogP contribution in [0.5, 0.6) is 0 Å². The molecule has 0 fully saturated rings. The number of rotatable bonds is 4. The van der Waals surface area contributed by atoms with Crippen molar-refractivity contribution in [3.8, 4) is 0 Å². The van der Waals surface area contributed by atoms with Crippen LogP contribution in [0.2, 0.25) is 0 Å². The number of aryl methyl sites for hydroxylation is 2. The van der Waals surface area contributed by atoms with Crippen LogP contribution in [0.25, 0.3) is 0 Å². The lowest BCUT2D eigenvalue weighted by Gasteiger charge is -2.09. The van der Waals surface area contributed by atoms with E-state index in [-0.39, 0.29) is 10.6 Å². The van der Waals surface area contributed by atoms with Crippen LogP contribution in [-0.4, -0.2) is 26.4 Å². The van der Waals surface area contributed by atoms with Crippen molar-refractivity contribution in [3.63, 3.8) is 0 Å². The molecule has 0 atom stereocenters. The minimum Gasteiger partial charge on any atom is -0.448 e. The third-order valence-corrected chi connectivity index (χ3v) is 4.30. The molecule has 112 valence electrons. The molecule has 0 saturated heterocycles.